The van der Waals surface area contributed by atoms with E-state index in [1.807, 2.05) is 0 Å². The van der Waals surface area contributed by atoms with Crippen molar-refractivity contribution in [2.45, 2.75) is 71.3 Å². The summed E-state index contributed by atoms with van der Waals surface area (Å²) >= 11 is 0. The molecule has 4 heteroatoms. The predicted octanol–water partition coefficient (Wildman–Crippen LogP) is 3.10. The lowest BCUT2D eigenvalue weighted by atomic mass is 9.82. The molecule has 1 aromatic rings. The van der Waals surface area contributed by atoms with Crippen molar-refractivity contribution < 1.29 is 9.90 Å². The summed E-state index contributed by atoms with van der Waals surface area (Å²) in [5.41, 5.74) is 3.55. The molecule has 2 rings (SSSR count). The van der Waals surface area contributed by atoms with E-state index < -0.39 is 5.97 Å². The lowest BCUT2D eigenvalue weighted by Crippen LogP contribution is -2.27. The maximum atomic E-state index is 11.1. The van der Waals surface area contributed by atoms with Crippen LogP contribution in [0.3, 0.4) is 0 Å². The van der Waals surface area contributed by atoms with Crippen LogP contribution in [0.25, 0.3) is 0 Å². The number of aromatic nitrogens is 2. The lowest BCUT2D eigenvalue weighted by Gasteiger charge is -2.27. The molecule has 1 aliphatic carbocycles. The van der Waals surface area contributed by atoms with Crippen LogP contribution in [-0.2, 0) is 23.2 Å². The summed E-state index contributed by atoms with van der Waals surface area (Å²) in [7, 11) is 0. The molecule has 0 spiro atoms. The summed E-state index contributed by atoms with van der Waals surface area (Å²) < 4.78 is 2.12. The van der Waals surface area contributed by atoms with Gasteiger partial charge >= 0.3 is 5.97 Å². The number of fused-ring (bicyclic) bond motifs is 1. The van der Waals surface area contributed by atoms with Crippen molar-refractivity contribution in [2.24, 2.45) is 0 Å². The Labute approximate surface area is 114 Å². The van der Waals surface area contributed by atoms with Crippen molar-refractivity contribution in [1.82, 2.24) is 9.78 Å². The van der Waals surface area contributed by atoms with E-state index >= 15 is 0 Å². The van der Waals surface area contributed by atoms with E-state index in [4.69, 9.17) is 10.2 Å². The fourth-order valence-electron chi connectivity index (χ4n) is 3.12. The average molecular weight is 264 g/mol. The first-order chi connectivity index (χ1) is 8.84. The summed E-state index contributed by atoms with van der Waals surface area (Å²) in [6.45, 7) is 8.56. The molecule has 19 heavy (non-hydrogen) atoms. The van der Waals surface area contributed by atoms with Crippen molar-refractivity contribution in [2.75, 3.05) is 0 Å². The van der Waals surface area contributed by atoms with Gasteiger partial charge in [-0.3, -0.25) is 9.48 Å². The third kappa shape index (κ3) is 2.67. The van der Waals surface area contributed by atoms with Crippen LogP contribution in [0.1, 0.15) is 69.8 Å². The van der Waals surface area contributed by atoms with Crippen molar-refractivity contribution in [3.05, 3.63) is 17.0 Å². The fraction of sp³-hybridized carbons (Fsp3) is 0.733. The summed E-state index contributed by atoms with van der Waals surface area (Å²) in [6.07, 6.45) is 4.17. The van der Waals surface area contributed by atoms with Gasteiger partial charge in [0, 0.05) is 11.3 Å². The number of aryl methyl sites for hydroxylation is 1. The van der Waals surface area contributed by atoms with Crippen molar-refractivity contribution in [1.29, 1.82) is 0 Å². The summed E-state index contributed by atoms with van der Waals surface area (Å²) in [6, 6.07) is 0. The second kappa shape index (κ2) is 4.99. The van der Waals surface area contributed by atoms with Crippen LogP contribution in [-0.4, -0.2) is 20.9 Å². The van der Waals surface area contributed by atoms with Gasteiger partial charge in [0.2, 0.25) is 0 Å². The van der Waals surface area contributed by atoms with Gasteiger partial charge in [-0.25, -0.2) is 0 Å². The van der Waals surface area contributed by atoms with E-state index in [2.05, 4.69) is 32.4 Å². The van der Waals surface area contributed by atoms with Crippen LogP contribution in [0.2, 0.25) is 0 Å². The van der Waals surface area contributed by atoms with Gasteiger partial charge in [-0.15, -0.1) is 0 Å². The number of nitrogens with zero attached hydrogens (tertiary/aromatic N) is 2. The maximum absolute atomic E-state index is 11.1. The number of hydrogen-bond acceptors (Lipinski definition) is 2. The monoisotopic (exact) mass is 264 g/mol. The number of carboxylic acid groups (broad SMARTS) is 1. The van der Waals surface area contributed by atoms with E-state index in [0.29, 0.717) is 0 Å². The van der Waals surface area contributed by atoms with Crippen LogP contribution < -0.4 is 0 Å². The first-order valence-corrected chi connectivity index (χ1v) is 7.17. The molecule has 106 valence electrons. The Balaban J connectivity index is 2.50. The Kier molecular flexibility index (Phi) is 3.70. The molecule has 4 nitrogen and oxygen atoms in total. The molecule has 0 amide bonds. The van der Waals surface area contributed by atoms with E-state index in [1.54, 1.807) is 0 Å². The number of hydrogen-bond donors (Lipinski definition) is 1. The molecule has 0 fully saturated rings. The second-order valence-electron chi connectivity index (χ2n) is 6.43. The molecular formula is C15H24N2O2. The molecule has 1 N–H and O–H groups in total. The second-order valence-corrected chi connectivity index (χ2v) is 6.43. The molecule has 1 aliphatic rings. The van der Waals surface area contributed by atoms with Crippen molar-refractivity contribution in [3.63, 3.8) is 0 Å². The first-order valence-electron chi connectivity index (χ1n) is 7.17. The summed E-state index contributed by atoms with van der Waals surface area (Å²) in [5.74, 6) is -0.560. The Hall–Kier alpha value is -1.32. The minimum atomic E-state index is -0.705. The zero-order chi connectivity index (χ0) is 14.2. The van der Waals surface area contributed by atoms with Gasteiger partial charge in [0.05, 0.1) is 17.7 Å². The molecule has 1 aromatic heterocycles. The van der Waals surface area contributed by atoms with Crippen LogP contribution >= 0.6 is 0 Å². The van der Waals surface area contributed by atoms with Crippen LogP contribution in [0.4, 0.5) is 0 Å². The van der Waals surface area contributed by atoms with Gasteiger partial charge in [-0.1, -0.05) is 6.92 Å². The van der Waals surface area contributed by atoms with Crippen molar-refractivity contribution >= 4 is 5.97 Å². The minimum absolute atomic E-state index is 0.0391. The number of carboxylic acids is 1. The molecule has 0 saturated heterocycles. The quantitative estimate of drug-likeness (QED) is 0.912. The zero-order valence-corrected chi connectivity index (χ0v) is 12.4. The summed E-state index contributed by atoms with van der Waals surface area (Å²) in [5, 5.41) is 13.9. The standard InChI is InChI=1S/C15H24N2O2/c1-5-11-14-10(9-13(18)19)7-6-8-12(14)17(16-11)15(2,3)4/h10H,5-9H2,1-4H3,(H,18,19). The highest BCUT2D eigenvalue weighted by molar-refractivity contribution is 5.68. The van der Waals surface area contributed by atoms with Crippen LogP contribution in [0.5, 0.6) is 0 Å². The fourth-order valence-corrected chi connectivity index (χ4v) is 3.12. The van der Waals surface area contributed by atoms with Crippen LogP contribution in [0.15, 0.2) is 0 Å². The highest BCUT2D eigenvalue weighted by Gasteiger charge is 2.32. The van der Waals surface area contributed by atoms with Gasteiger partial charge < -0.3 is 5.11 Å². The van der Waals surface area contributed by atoms with Gasteiger partial charge in [-0.05, 0) is 52.4 Å². The number of aliphatic carboxylic acids is 1. The Morgan fingerprint density at radius 2 is 2.16 bits per heavy atom. The molecule has 0 aliphatic heterocycles. The third-order valence-electron chi connectivity index (χ3n) is 3.86. The smallest absolute Gasteiger partial charge is 0.303 e. The molecule has 0 saturated carbocycles. The van der Waals surface area contributed by atoms with Crippen LogP contribution in [0, 0.1) is 0 Å². The largest absolute Gasteiger partial charge is 0.481 e. The maximum Gasteiger partial charge on any atom is 0.303 e. The predicted molar refractivity (Wildman–Crippen MR) is 74.5 cm³/mol. The highest BCUT2D eigenvalue weighted by atomic mass is 16.4. The van der Waals surface area contributed by atoms with Gasteiger partial charge in [-0.2, -0.15) is 5.10 Å². The number of rotatable bonds is 3. The molecule has 1 atom stereocenters. The Bertz CT molecular complexity index is 483. The normalized spacial score (nSPS) is 19.3. The molecular weight excluding hydrogens is 240 g/mol. The molecule has 0 bridgehead atoms. The minimum Gasteiger partial charge on any atom is -0.481 e. The van der Waals surface area contributed by atoms with E-state index in [-0.39, 0.29) is 17.9 Å². The topological polar surface area (TPSA) is 55.1 Å². The molecule has 0 radical (unpaired) electrons. The van der Waals surface area contributed by atoms with Gasteiger partial charge in [0.1, 0.15) is 0 Å². The molecule has 0 aromatic carbocycles. The van der Waals surface area contributed by atoms with E-state index in [0.717, 1.165) is 31.4 Å². The number of carbonyl (C=O) groups is 1. The van der Waals surface area contributed by atoms with E-state index in [9.17, 15) is 4.79 Å². The summed E-state index contributed by atoms with van der Waals surface area (Å²) in [4.78, 5) is 11.1. The SMILES string of the molecule is CCc1nn(C(C)(C)C)c2c1C(CC(=O)O)CCC2. The molecule has 1 heterocycles. The van der Waals surface area contributed by atoms with Gasteiger partial charge in [0.15, 0.2) is 0 Å². The van der Waals surface area contributed by atoms with Gasteiger partial charge in [0.25, 0.3) is 0 Å². The Morgan fingerprint density at radius 1 is 1.47 bits per heavy atom. The average Bonchev–Trinajstić information content (AvgIpc) is 2.67. The first kappa shape index (κ1) is 14.1. The lowest BCUT2D eigenvalue weighted by molar-refractivity contribution is -0.137. The zero-order valence-electron chi connectivity index (χ0n) is 12.4. The molecule has 1 unspecified atom stereocenters. The Morgan fingerprint density at radius 3 is 2.68 bits per heavy atom. The van der Waals surface area contributed by atoms with E-state index in [1.165, 1.54) is 11.3 Å². The highest BCUT2D eigenvalue weighted by Crippen LogP contribution is 2.38. The third-order valence-corrected chi connectivity index (χ3v) is 3.86. The van der Waals surface area contributed by atoms with Crippen molar-refractivity contribution in [3.8, 4) is 0 Å².